The minimum Gasteiger partial charge on any atom is -0.492 e. The average molecular weight is 391 g/mol. The number of carbonyl (C=O) groups excluding carboxylic acids is 1. The van der Waals surface area contributed by atoms with Gasteiger partial charge in [0.15, 0.2) is 0 Å². The van der Waals surface area contributed by atoms with E-state index in [2.05, 4.69) is 0 Å². The van der Waals surface area contributed by atoms with Gasteiger partial charge in [-0.15, -0.1) is 12.4 Å². The highest BCUT2D eigenvalue weighted by Crippen LogP contribution is 2.50. The van der Waals surface area contributed by atoms with Crippen molar-refractivity contribution < 1.29 is 14.3 Å². The summed E-state index contributed by atoms with van der Waals surface area (Å²) in [5.74, 6) is 0.659. The van der Waals surface area contributed by atoms with Crippen molar-refractivity contribution in [3.63, 3.8) is 0 Å². The molecule has 7 heteroatoms. The van der Waals surface area contributed by atoms with Crippen LogP contribution in [0.15, 0.2) is 24.3 Å². The Hall–Kier alpha value is -1.01. The number of rotatable bonds is 7. The van der Waals surface area contributed by atoms with Crippen LogP contribution in [0.5, 0.6) is 5.75 Å². The molecular formula is C18H28Cl2N2O3. The maximum atomic E-state index is 12.8. The molecule has 0 aliphatic heterocycles. The molecule has 2 unspecified atom stereocenters. The molecule has 1 aliphatic rings. The number of ether oxygens (including phenoxy) is 2. The van der Waals surface area contributed by atoms with Crippen LogP contribution >= 0.6 is 24.0 Å². The normalized spacial score (nSPS) is 24.0. The van der Waals surface area contributed by atoms with E-state index in [1.165, 1.54) is 0 Å². The van der Waals surface area contributed by atoms with Crippen molar-refractivity contribution in [1.29, 1.82) is 0 Å². The lowest BCUT2D eigenvalue weighted by atomic mass is 9.54. The van der Waals surface area contributed by atoms with E-state index in [0.717, 1.165) is 5.75 Å². The molecule has 1 saturated carbocycles. The lowest BCUT2D eigenvalue weighted by Crippen LogP contribution is -2.75. The molecule has 2 rings (SSSR count). The highest BCUT2D eigenvalue weighted by molar-refractivity contribution is 6.30. The third-order valence-corrected chi connectivity index (χ3v) is 5.32. The number of nitrogens with two attached hydrogens (primary N) is 1. The van der Waals surface area contributed by atoms with Crippen LogP contribution in [-0.4, -0.2) is 49.3 Å². The average Bonchev–Trinajstić information content (AvgIpc) is 2.55. The fourth-order valence-corrected chi connectivity index (χ4v) is 3.20. The second-order valence-corrected chi connectivity index (χ2v) is 7.31. The molecule has 1 aromatic rings. The molecule has 0 radical (unpaired) electrons. The Balaban J connectivity index is 0.00000312. The minimum atomic E-state index is -0.887. The molecule has 0 spiro atoms. The van der Waals surface area contributed by atoms with Crippen LogP contribution in [-0.2, 0) is 9.53 Å². The Bertz CT molecular complexity index is 580. The summed E-state index contributed by atoms with van der Waals surface area (Å²) in [4.78, 5) is 14.4. The first-order valence-electron chi connectivity index (χ1n) is 8.26. The molecule has 1 aromatic carbocycles. The molecule has 1 amide bonds. The summed E-state index contributed by atoms with van der Waals surface area (Å²) in [6, 6.07) is 7.14. The zero-order chi connectivity index (χ0) is 18.0. The summed E-state index contributed by atoms with van der Waals surface area (Å²) in [6.07, 6.45) is 0.574. The van der Waals surface area contributed by atoms with Crippen LogP contribution < -0.4 is 10.5 Å². The van der Waals surface area contributed by atoms with Gasteiger partial charge in [0.25, 0.3) is 0 Å². The molecule has 0 bridgehead atoms. The van der Waals surface area contributed by atoms with Gasteiger partial charge in [0.1, 0.15) is 17.9 Å². The summed E-state index contributed by atoms with van der Waals surface area (Å²) < 4.78 is 11.3. The lowest BCUT2D eigenvalue weighted by molar-refractivity contribution is -0.178. The maximum Gasteiger partial charge on any atom is 0.243 e. The van der Waals surface area contributed by atoms with E-state index in [1.54, 1.807) is 36.2 Å². The van der Waals surface area contributed by atoms with Gasteiger partial charge in [-0.05, 0) is 31.2 Å². The zero-order valence-corrected chi connectivity index (χ0v) is 16.8. The lowest BCUT2D eigenvalue weighted by Gasteiger charge is -2.58. The summed E-state index contributed by atoms with van der Waals surface area (Å²) in [5.41, 5.74) is 5.15. The van der Waals surface area contributed by atoms with E-state index in [-0.39, 0.29) is 29.8 Å². The van der Waals surface area contributed by atoms with E-state index in [4.69, 9.17) is 26.8 Å². The number of amides is 1. The first-order valence-corrected chi connectivity index (χ1v) is 8.64. The minimum absolute atomic E-state index is 0. The summed E-state index contributed by atoms with van der Waals surface area (Å²) in [7, 11) is 1.76. The predicted molar refractivity (Wildman–Crippen MR) is 103 cm³/mol. The van der Waals surface area contributed by atoms with Crippen LogP contribution in [0.3, 0.4) is 0 Å². The number of carbonyl (C=O) groups is 1. The smallest absolute Gasteiger partial charge is 0.243 e. The van der Waals surface area contributed by atoms with Gasteiger partial charge in [0.05, 0.1) is 12.6 Å². The van der Waals surface area contributed by atoms with E-state index >= 15 is 0 Å². The highest BCUT2D eigenvalue weighted by atomic mass is 35.5. The van der Waals surface area contributed by atoms with E-state index in [9.17, 15) is 4.79 Å². The van der Waals surface area contributed by atoms with Gasteiger partial charge < -0.3 is 20.1 Å². The fourth-order valence-electron chi connectivity index (χ4n) is 3.07. The molecule has 142 valence electrons. The number of hydrogen-bond donors (Lipinski definition) is 1. The van der Waals surface area contributed by atoms with E-state index in [1.807, 2.05) is 20.8 Å². The van der Waals surface area contributed by atoms with Crippen molar-refractivity contribution in [2.45, 2.75) is 38.8 Å². The van der Waals surface area contributed by atoms with E-state index in [0.29, 0.717) is 31.2 Å². The van der Waals surface area contributed by atoms with Gasteiger partial charge in [0.2, 0.25) is 5.91 Å². The van der Waals surface area contributed by atoms with Crippen molar-refractivity contribution in [1.82, 2.24) is 4.90 Å². The molecule has 25 heavy (non-hydrogen) atoms. The molecule has 2 atom stereocenters. The Morgan fingerprint density at radius 1 is 1.36 bits per heavy atom. The summed E-state index contributed by atoms with van der Waals surface area (Å²) >= 11 is 5.84. The van der Waals surface area contributed by atoms with Gasteiger partial charge in [-0.1, -0.05) is 25.4 Å². The molecule has 0 heterocycles. The molecular weight excluding hydrogens is 363 g/mol. The van der Waals surface area contributed by atoms with Gasteiger partial charge in [0, 0.05) is 30.5 Å². The number of nitrogens with zero attached hydrogens (tertiary/aromatic N) is 1. The topological polar surface area (TPSA) is 64.8 Å². The monoisotopic (exact) mass is 390 g/mol. The van der Waals surface area contributed by atoms with Crippen molar-refractivity contribution in [2.75, 3.05) is 26.8 Å². The second-order valence-electron chi connectivity index (χ2n) is 6.87. The number of likely N-dealkylation sites (N-methyl/N-ethyl adjacent to an activating group) is 1. The number of benzene rings is 1. The Morgan fingerprint density at radius 3 is 2.48 bits per heavy atom. The first kappa shape index (κ1) is 22.0. The predicted octanol–water partition coefficient (Wildman–Crippen LogP) is 3.13. The van der Waals surface area contributed by atoms with Gasteiger partial charge >= 0.3 is 0 Å². The Morgan fingerprint density at radius 2 is 1.96 bits per heavy atom. The van der Waals surface area contributed by atoms with Crippen LogP contribution in [0.2, 0.25) is 5.02 Å². The van der Waals surface area contributed by atoms with Gasteiger partial charge in [-0.2, -0.15) is 0 Å². The van der Waals surface area contributed by atoms with Crippen LogP contribution in [0.4, 0.5) is 0 Å². The molecule has 1 aliphatic carbocycles. The molecule has 1 fully saturated rings. The SMILES string of the molecule is CCOC1CC(N)(C(=O)N(C)CCOc2ccc(Cl)cc2)C1(C)C.Cl. The third kappa shape index (κ3) is 4.40. The molecule has 5 nitrogen and oxygen atoms in total. The van der Waals surface area contributed by atoms with Gasteiger partial charge in [-0.3, -0.25) is 4.79 Å². The van der Waals surface area contributed by atoms with Crippen molar-refractivity contribution in [3.05, 3.63) is 29.3 Å². The fraction of sp³-hybridized carbons (Fsp3) is 0.611. The number of halogens is 2. The van der Waals surface area contributed by atoms with Crippen LogP contribution in [0.1, 0.15) is 27.2 Å². The van der Waals surface area contributed by atoms with E-state index < -0.39 is 5.54 Å². The maximum absolute atomic E-state index is 12.8. The van der Waals surface area contributed by atoms with Crippen molar-refractivity contribution >= 4 is 29.9 Å². The van der Waals surface area contributed by atoms with Gasteiger partial charge in [-0.25, -0.2) is 0 Å². The largest absolute Gasteiger partial charge is 0.492 e. The Kier molecular flexibility index (Phi) is 7.56. The standard InChI is InChI=1S/C18H27ClN2O3.ClH/c1-5-23-15-12-18(20,17(15,2)3)16(22)21(4)10-11-24-14-8-6-13(19)7-9-14;/h6-9,15H,5,10-12,20H2,1-4H3;1H. The molecule has 2 N–H and O–H groups in total. The third-order valence-electron chi connectivity index (χ3n) is 5.07. The Labute approximate surface area is 161 Å². The van der Waals surface area contributed by atoms with Crippen LogP contribution in [0, 0.1) is 5.41 Å². The summed E-state index contributed by atoms with van der Waals surface area (Å²) in [6.45, 7) is 7.43. The summed E-state index contributed by atoms with van der Waals surface area (Å²) in [5, 5.41) is 0.663. The second kappa shape index (κ2) is 8.58. The molecule has 0 aromatic heterocycles. The quantitative estimate of drug-likeness (QED) is 0.776. The van der Waals surface area contributed by atoms with Crippen molar-refractivity contribution in [2.24, 2.45) is 11.1 Å². The zero-order valence-electron chi connectivity index (χ0n) is 15.3. The number of hydrogen-bond acceptors (Lipinski definition) is 4. The first-order chi connectivity index (χ1) is 11.2. The molecule has 0 saturated heterocycles. The van der Waals surface area contributed by atoms with Crippen molar-refractivity contribution in [3.8, 4) is 5.75 Å². The van der Waals surface area contributed by atoms with Crippen LogP contribution in [0.25, 0.3) is 0 Å². The highest BCUT2D eigenvalue weighted by Gasteiger charge is 2.63.